The Morgan fingerprint density at radius 1 is 0.636 bits per heavy atom. The Morgan fingerprint density at radius 3 is 0.636 bits per heavy atom. The maximum Gasteiger partial charge on any atom is 2.00 e. The molecule has 0 aliphatic heterocycles. The van der Waals surface area contributed by atoms with Crippen molar-refractivity contribution < 1.29 is 27.3 Å². The summed E-state index contributed by atoms with van der Waals surface area (Å²) in [6.07, 6.45) is 0. The maximum atomic E-state index is 10.1. The first kappa shape index (κ1) is 17.5. The van der Waals surface area contributed by atoms with Gasteiger partial charge in [-0.05, 0) is 0 Å². The molecule has 2 nitrogen and oxygen atoms in total. The third-order valence-corrected chi connectivity index (χ3v) is 0. The van der Waals surface area contributed by atoms with Gasteiger partial charge >= 0.3 is 17.1 Å². The van der Waals surface area contributed by atoms with Crippen LogP contribution in [0, 0.1) is 0 Å². The van der Waals surface area contributed by atoms with Crippen LogP contribution in [0.5, 0.6) is 0 Å². The molecule has 0 fully saturated rings. The van der Waals surface area contributed by atoms with Crippen molar-refractivity contribution in [1.82, 2.24) is 0 Å². The minimum atomic E-state index is -0.750. The summed E-state index contributed by atoms with van der Waals surface area (Å²) in [5.74, 6) is 0. The molecule has 0 aliphatic carbocycles. The van der Waals surface area contributed by atoms with E-state index in [-0.39, 0.29) is 17.1 Å². The topological polar surface area (TPSA) is 46.1 Å². The van der Waals surface area contributed by atoms with Crippen molar-refractivity contribution in [2.24, 2.45) is 0 Å². The van der Waals surface area contributed by atoms with E-state index in [1.54, 1.807) is 41.5 Å². The van der Waals surface area contributed by atoms with E-state index >= 15 is 0 Å². The van der Waals surface area contributed by atoms with Gasteiger partial charge in [0.1, 0.15) is 0 Å². The summed E-state index contributed by atoms with van der Waals surface area (Å²) in [4.78, 5) is 0. The van der Waals surface area contributed by atoms with Crippen LogP contribution >= 0.6 is 0 Å². The average Bonchev–Trinajstić information content (AvgIpc) is 1.12. The van der Waals surface area contributed by atoms with E-state index in [9.17, 15) is 10.2 Å². The number of rotatable bonds is 0. The molecule has 3 heteroatoms. The second-order valence-corrected chi connectivity index (χ2v) is 4.22. The predicted octanol–water partition coefficient (Wildman–Crippen LogP) is 0.288. The molecule has 0 aromatic heterocycles. The van der Waals surface area contributed by atoms with Crippen molar-refractivity contribution in [1.29, 1.82) is 0 Å². The van der Waals surface area contributed by atoms with E-state index in [1.807, 2.05) is 0 Å². The zero-order valence-electron chi connectivity index (χ0n) is 8.19. The van der Waals surface area contributed by atoms with Crippen molar-refractivity contribution in [3.8, 4) is 0 Å². The smallest absolute Gasteiger partial charge is 0.850 e. The first-order valence-corrected chi connectivity index (χ1v) is 3.41. The summed E-state index contributed by atoms with van der Waals surface area (Å²) in [5.41, 5.74) is -1.50. The molecule has 0 heterocycles. The summed E-state index contributed by atoms with van der Waals surface area (Å²) in [6, 6.07) is 0. The standard InChI is InChI=1S/2C4H9O.Mn/c2*1-4(2,3)5;/h2*1-3H3;/q2*-1;+2. The maximum absolute atomic E-state index is 10.1. The third-order valence-electron chi connectivity index (χ3n) is 0. The molecule has 1 radical (unpaired) electrons. The van der Waals surface area contributed by atoms with Crippen molar-refractivity contribution >= 4 is 0 Å². The molecular weight excluding hydrogens is 183 g/mol. The second kappa shape index (κ2) is 6.01. The summed E-state index contributed by atoms with van der Waals surface area (Å²) in [5, 5.41) is 20.2. The largest absolute Gasteiger partial charge is 2.00 e. The minimum absolute atomic E-state index is 0. The Hall–Kier alpha value is 0.439. The van der Waals surface area contributed by atoms with Crippen LogP contribution < -0.4 is 10.2 Å². The summed E-state index contributed by atoms with van der Waals surface area (Å²) >= 11 is 0. The van der Waals surface area contributed by atoms with E-state index in [1.165, 1.54) is 0 Å². The molecule has 0 atom stereocenters. The molecule has 0 aromatic carbocycles. The van der Waals surface area contributed by atoms with Gasteiger partial charge in [0, 0.05) is 0 Å². The molecule has 11 heavy (non-hydrogen) atoms. The van der Waals surface area contributed by atoms with Gasteiger partial charge in [-0.2, -0.15) is 0 Å². The van der Waals surface area contributed by atoms with Gasteiger partial charge in [-0.3, -0.25) is 0 Å². The number of hydrogen-bond acceptors (Lipinski definition) is 2. The van der Waals surface area contributed by atoms with Gasteiger partial charge in [-0.1, -0.05) is 41.5 Å². The Bertz CT molecular complexity index is 55.1. The van der Waals surface area contributed by atoms with Crippen LogP contribution in [0.15, 0.2) is 0 Å². The fourth-order valence-electron chi connectivity index (χ4n) is 0. The van der Waals surface area contributed by atoms with E-state index in [2.05, 4.69) is 0 Å². The van der Waals surface area contributed by atoms with Gasteiger partial charge in [0.05, 0.1) is 0 Å². The molecule has 0 unspecified atom stereocenters. The summed E-state index contributed by atoms with van der Waals surface area (Å²) in [6.45, 7) is 9.79. The Balaban J connectivity index is -0.000000107. The van der Waals surface area contributed by atoms with Crippen LogP contribution in [0.3, 0.4) is 0 Å². The van der Waals surface area contributed by atoms with Gasteiger partial charge in [0.15, 0.2) is 0 Å². The van der Waals surface area contributed by atoms with Crippen LogP contribution in [-0.2, 0) is 17.1 Å². The van der Waals surface area contributed by atoms with E-state index in [4.69, 9.17) is 0 Å². The SMILES string of the molecule is CC(C)(C)[O-].CC(C)(C)[O-].[Mn+2]. The molecule has 69 valence electrons. The molecule has 0 bridgehead atoms. The van der Waals surface area contributed by atoms with Gasteiger partial charge in [0.2, 0.25) is 0 Å². The third kappa shape index (κ3) is 3850. The molecule has 0 aromatic rings. The first-order chi connectivity index (χ1) is 4.00. The van der Waals surface area contributed by atoms with Crippen LogP contribution in [0.4, 0.5) is 0 Å². The van der Waals surface area contributed by atoms with Gasteiger partial charge in [-0.25, -0.2) is 0 Å². The zero-order chi connectivity index (χ0) is 9.00. The first-order valence-electron chi connectivity index (χ1n) is 3.41. The van der Waals surface area contributed by atoms with E-state index < -0.39 is 11.2 Å². The molecule has 0 saturated carbocycles. The van der Waals surface area contributed by atoms with Crippen LogP contribution in [0.25, 0.3) is 0 Å². The predicted molar refractivity (Wildman–Crippen MR) is 39.5 cm³/mol. The van der Waals surface area contributed by atoms with Gasteiger partial charge < -0.3 is 10.2 Å². The van der Waals surface area contributed by atoms with Crippen molar-refractivity contribution in [3.63, 3.8) is 0 Å². The average molecular weight is 201 g/mol. The second-order valence-electron chi connectivity index (χ2n) is 4.22. The van der Waals surface area contributed by atoms with E-state index in [0.29, 0.717) is 0 Å². The fourth-order valence-corrected chi connectivity index (χ4v) is 0. The van der Waals surface area contributed by atoms with Gasteiger partial charge in [0.25, 0.3) is 0 Å². The Labute approximate surface area is 80.5 Å². The zero-order valence-corrected chi connectivity index (χ0v) is 9.37. The van der Waals surface area contributed by atoms with Crippen molar-refractivity contribution in [3.05, 3.63) is 0 Å². The Morgan fingerprint density at radius 2 is 0.636 bits per heavy atom. The van der Waals surface area contributed by atoms with Crippen molar-refractivity contribution in [2.45, 2.75) is 52.7 Å². The normalized spacial score (nSPS) is 10.9. The molecule has 0 N–H and O–H groups in total. The van der Waals surface area contributed by atoms with Gasteiger partial charge in [-0.15, -0.1) is 11.2 Å². The molecule has 0 spiro atoms. The van der Waals surface area contributed by atoms with E-state index in [0.717, 1.165) is 0 Å². The van der Waals surface area contributed by atoms with Crippen molar-refractivity contribution in [2.75, 3.05) is 0 Å². The van der Waals surface area contributed by atoms with Crippen LogP contribution in [0.1, 0.15) is 41.5 Å². The monoisotopic (exact) mass is 201 g/mol. The number of hydrogen-bond donors (Lipinski definition) is 0. The van der Waals surface area contributed by atoms with Crippen LogP contribution in [-0.4, -0.2) is 11.2 Å². The molecule has 0 saturated heterocycles. The Kier molecular flexibility index (Phi) is 9.57. The fraction of sp³-hybridized carbons (Fsp3) is 1.00. The summed E-state index contributed by atoms with van der Waals surface area (Å²) in [7, 11) is 0. The van der Waals surface area contributed by atoms with Crippen LogP contribution in [0.2, 0.25) is 0 Å². The quantitative estimate of drug-likeness (QED) is 0.529. The minimum Gasteiger partial charge on any atom is -0.850 e. The molecule has 0 aliphatic rings. The molecule has 0 rings (SSSR count). The summed E-state index contributed by atoms with van der Waals surface area (Å²) < 4.78 is 0. The molecular formula is C8H18MnO2. The molecule has 0 amide bonds.